The van der Waals surface area contributed by atoms with Crippen LogP contribution >= 0.6 is 11.6 Å². The van der Waals surface area contributed by atoms with Crippen LogP contribution in [0.2, 0.25) is 5.02 Å². The Bertz CT molecular complexity index is 879. The van der Waals surface area contributed by atoms with Crippen LogP contribution in [0.15, 0.2) is 48.5 Å². The molecule has 3 rings (SSSR count). The number of halogens is 1. The van der Waals surface area contributed by atoms with E-state index in [4.69, 9.17) is 11.6 Å². The Labute approximate surface area is 178 Å². The minimum Gasteiger partial charge on any atom is -0.354 e. The number of carbonyl (C=O) groups excluding carboxylic acids is 2. The van der Waals surface area contributed by atoms with E-state index in [2.05, 4.69) is 19.2 Å². The van der Waals surface area contributed by atoms with Crippen molar-refractivity contribution in [3.63, 3.8) is 0 Å². The van der Waals surface area contributed by atoms with Gasteiger partial charge >= 0.3 is 0 Å². The smallest absolute Gasteiger partial charge is 0.255 e. The molecule has 2 aromatic rings. The summed E-state index contributed by atoms with van der Waals surface area (Å²) in [5.41, 5.74) is 1.70. The van der Waals surface area contributed by atoms with Crippen molar-refractivity contribution in [2.24, 2.45) is 5.92 Å². The molecule has 1 N–H and O–H groups in total. The molecule has 1 atom stereocenters. The Morgan fingerprint density at radius 2 is 1.86 bits per heavy atom. The highest BCUT2D eigenvalue weighted by molar-refractivity contribution is 6.30. The zero-order chi connectivity index (χ0) is 21.0. The van der Waals surface area contributed by atoms with E-state index in [1.807, 2.05) is 55.5 Å². The van der Waals surface area contributed by atoms with Crippen LogP contribution in [0.5, 0.6) is 0 Å². The Hall–Kier alpha value is -2.33. The maximum Gasteiger partial charge on any atom is 0.255 e. The molecule has 0 spiro atoms. The molecule has 29 heavy (non-hydrogen) atoms. The Kier molecular flexibility index (Phi) is 6.63. The molecule has 1 heterocycles. The van der Waals surface area contributed by atoms with Crippen molar-refractivity contribution in [1.82, 2.24) is 10.2 Å². The molecule has 0 aliphatic carbocycles. The minimum absolute atomic E-state index is 0.0896. The van der Waals surface area contributed by atoms with E-state index < -0.39 is 5.54 Å². The summed E-state index contributed by atoms with van der Waals surface area (Å²) in [6, 6.07) is 15.1. The number of hydrogen-bond donors (Lipinski definition) is 1. The summed E-state index contributed by atoms with van der Waals surface area (Å²) in [5.74, 6) is 0.316. The third kappa shape index (κ3) is 4.81. The Morgan fingerprint density at radius 1 is 1.17 bits per heavy atom. The number of benzene rings is 2. The monoisotopic (exact) mass is 412 g/mol. The van der Waals surface area contributed by atoms with Gasteiger partial charge in [0.15, 0.2) is 0 Å². The molecule has 5 heteroatoms. The zero-order valence-electron chi connectivity index (χ0n) is 17.4. The van der Waals surface area contributed by atoms with Crippen LogP contribution in [-0.4, -0.2) is 28.8 Å². The van der Waals surface area contributed by atoms with E-state index in [1.54, 1.807) is 4.90 Å². The van der Waals surface area contributed by atoms with Gasteiger partial charge in [0.05, 0.1) is 0 Å². The lowest BCUT2D eigenvalue weighted by molar-refractivity contribution is -0.132. The number of carbonyl (C=O) groups is 2. The molecule has 1 unspecified atom stereocenters. The van der Waals surface area contributed by atoms with Crippen molar-refractivity contribution in [3.8, 4) is 0 Å². The van der Waals surface area contributed by atoms with Crippen molar-refractivity contribution >= 4 is 23.4 Å². The average molecular weight is 413 g/mol. The number of rotatable bonds is 6. The summed E-state index contributed by atoms with van der Waals surface area (Å²) in [5, 5.41) is 3.72. The lowest BCUT2D eigenvalue weighted by Crippen LogP contribution is -2.58. The fraction of sp³-hybridized carbons (Fsp3) is 0.417. The van der Waals surface area contributed by atoms with Crippen molar-refractivity contribution in [3.05, 3.63) is 70.2 Å². The maximum absolute atomic E-state index is 13.5. The van der Waals surface area contributed by atoms with Crippen LogP contribution in [0.1, 0.15) is 55.1 Å². The molecule has 0 saturated heterocycles. The van der Waals surface area contributed by atoms with Gasteiger partial charge in [0.1, 0.15) is 5.54 Å². The van der Waals surface area contributed by atoms with Crippen LogP contribution in [0.25, 0.3) is 0 Å². The van der Waals surface area contributed by atoms with E-state index in [0.29, 0.717) is 42.4 Å². The van der Waals surface area contributed by atoms with Crippen LogP contribution in [0.4, 0.5) is 0 Å². The number of hydrogen-bond acceptors (Lipinski definition) is 2. The van der Waals surface area contributed by atoms with Gasteiger partial charge in [-0.3, -0.25) is 9.59 Å². The third-order valence-electron chi connectivity index (χ3n) is 5.72. The molecular weight excluding hydrogens is 384 g/mol. The SMILES string of the molecule is CC(C)CCNC(=O)C1(C)CCc2ccccc2C(=O)N1Cc1ccc(Cl)cc1. The van der Waals surface area contributed by atoms with E-state index in [1.165, 1.54) is 0 Å². The second kappa shape index (κ2) is 9.00. The predicted molar refractivity (Wildman–Crippen MR) is 117 cm³/mol. The van der Waals surface area contributed by atoms with E-state index in [-0.39, 0.29) is 11.8 Å². The first kappa shape index (κ1) is 21.4. The van der Waals surface area contributed by atoms with Gasteiger partial charge < -0.3 is 10.2 Å². The van der Waals surface area contributed by atoms with Gasteiger partial charge in [-0.1, -0.05) is 55.8 Å². The number of amides is 2. The van der Waals surface area contributed by atoms with Crippen molar-refractivity contribution in [2.45, 2.75) is 52.1 Å². The summed E-state index contributed by atoms with van der Waals surface area (Å²) < 4.78 is 0. The normalized spacial score (nSPS) is 19.1. The third-order valence-corrected chi connectivity index (χ3v) is 5.97. The van der Waals surface area contributed by atoms with E-state index in [9.17, 15) is 9.59 Å². The molecule has 154 valence electrons. The minimum atomic E-state index is -0.924. The van der Waals surface area contributed by atoms with Gasteiger partial charge in [0.2, 0.25) is 5.91 Å². The van der Waals surface area contributed by atoms with Gasteiger partial charge in [-0.25, -0.2) is 0 Å². The molecule has 4 nitrogen and oxygen atoms in total. The molecule has 1 aliphatic heterocycles. The number of fused-ring (bicyclic) bond motifs is 1. The van der Waals surface area contributed by atoms with Gasteiger partial charge in [-0.15, -0.1) is 0 Å². The number of nitrogens with zero attached hydrogens (tertiary/aromatic N) is 1. The molecule has 0 aromatic heterocycles. The standard InChI is InChI=1S/C24H29ClN2O2/c1-17(2)13-15-26-23(29)24(3)14-12-19-6-4-5-7-21(19)22(28)27(24)16-18-8-10-20(25)11-9-18/h4-11,17H,12-16H2,1-3H3,(H,26,29). The maximum atomic E-state index is 13.5. The van der Waals surface area contributed by atoms with E-state index in [0.717, 1.165) is 17.5 Å². The van der Waals surface area contributed by atoms with Gasteiger partial charge in [0.25, 0.3) is 5.91 Å². The van der Waals surface area contributed by atoms with Crippen LogP contribution in [0.3, 0.4) is 0 Å². The second-order valence-electron chi connectivity index (χ2n) is 8.39. The molecule has 2 amide bonds. The second-order valence-corrected chi connectivity index (χ2v) is 8.82. The van der Waals surface area contributed by atoms with Crippen molar-refractivity contribution in [1.29, 1.82) is 0 Å². The summed E-state index contributed by atoms with van der Waals surface area (Å²) in [6.07, 6.45) is 2.18. The first-order valence-corrected chi connectivity index (χ1v) is 10.6. The fourth-order valence-corrected chi connectivity index (χ4v) is 3.88. The van der Waals surface area contributed by atoms with Crippen molar-refractivity contribution in [2.75, 3.05) is 6.54 Å². The molecular formula is C24H29ClN2O2. The average Bonchev–Trinajstić information content (AvgIpc) is 2.80. The number of nitrogens with one attached hydrogen (secondary N) is 1. The first-order chi connectivity index (χ1) is 13.8. The summed E-state index contributed by atoms with van der Waals surface area (Å²) >= 11 is 6.02. The van der Waals surface area contributed by atoms with Crippen LogP contribution in [0, 0.1) is 5.92 Å². The summed E-state index contributed by atoms with van der Waals surface area (Å²) in [7, 11) is 0. The molecule has 0 radical (unpaired) electrons. The molecule has 2 aromatic carbocycles. The Balaban J connectivity index is 1.94. The van der Waals surface area contributed by atoms with Crippen molar-refractivity contribution < 1.29 is 9.59 Å². The van der Waals surface area contributed by atoms with Gasteiger partial charge in [-0.05, 0) is 61.4 Å². The summed E-state index contributed by atoms with van der Waals surface area (Å²) in [4.78, 5) is 28.5. The van der Waals surface area contributed by atoms with Crippen LogP contribution in [-0.2, 0) is 17.8 Å². The highest BCUT2D eigenvalue weighted by Crippen LogP contribution is 2.32. The summed E-state index contributed by atoms with van der Waals surface area (Å²) in [6.45, 7) is 7.12. The largest absolute Gasteiger partial charge is 0.354 e. The first-order valence-electron chi connectivity index (χ1n) is 10.2. The predicted octanol–water partition coefficient (Wildman–Crippen LogP) is 4.85. The van der Waals surface area contributed by atoms with Crippen LogP contribution < -0.4 is 5.32 Å². The number of aryl methyl sites for hydroxylation is 1. The molecule has 0 fully saturated rings. The molecule has 0 saturated carbocycles. The van der Waals surface area contributed by atoms with Gasteiger partial charge in [0, 0.05) is 23.7 Å². The zero-order valence-corrected chi connectivity index (χ0v) is 18.1. The van der Waals surface area contributed by atoms with E-state index >= 15 is 0 Å². The highest BCUT2D eigenvalue weighted by atomic mass is 35.5. The fourth-order valence-electron chi connectivity index (χ4n) is 3.75. The van der Waals surface area contributed by atoms with Gasteiger partial charge in [-0.2, -0.15) is 0 Å². The highest BCUT2D eigenvalue weighted by Gasteiger charge is 2.44. The quantitative estimate of drug-likeness (QED) is 0.737. The Morgan fingerprint density at radius 3 is 2.55 bits per heavy atom. The lowest BCUT2D eigenvalue weighted by Gasteiger charge is -2.39. The molecule has 0 bridgehead atoms. The topological polar surface area (TPSA) is 49.4 Å². The molecule has 1 aliphatic rings. The lowest BCUT2D eigenvalue weighted by atomic mass is 9.91.